The maximum absolute atomic E-state index is 12.8. The SMILES string of the molecule is CC(C)(C)OC(=O)N1C(C)(C)CC2(COCCN2)CC1(C)C. The van der Waals surface area contributed by atoms with Crippen molar-refractivity contribution in [3.05, 3.63) is 0 Å². The highest BCUT2D eigenvalue weighted by Gasteiger charge is 2.55. The van der Waals surface area contributed by atoms with E-state index < -0.39 is 5.60 Å². The quantitative estimate of drug-likeness (QED) is 0.747. The number of nitrogens with one attached hydrogen (secondary N) is 1. The average molecular weight is 312 g/mol. The molecule has 5 nitrogen and oxygen atoms in total. The Morgan fingerprint density at radius 3 is 2.09 bits per heavy atom. The zero-order valence-corrected chi connectivity index (χ0v) is 15.2. The molecule has 128 valence electrons. The van der Waals surface area contributed by atoms with Crippen LogP contribution >= 0.6 is 0 Å². The average Bonchev–Trinajstić information content (AvgIpc) is 2.22. The highest BCUT2D eigenvalue weighted by molar-refractivity contribution is 5.70. The molecule has 0 atom stereocenters. The van der Waals surface area contributed by atoms with Gasteiger partial charge in [-0.1, -0.05) is 0 Å². The van der Waals surface area contributed by atoms with Crippen LogP contribution in [0.5, 0.6) is 0 Å². The molecule has 2 heterocycles. The number of carbonyl (C=O) groups excluding carboxylic acids is 1. The summed E-state index contributed by atoms with van der Waals surface area (Å²) in [5.74, 6) is 0. The molecule has 0 unspecified atom stereocenters. The van der Waals surface area contributed by atoms with Crippen LogP contribution in [0.2, 0.25) is 0 Å². The van der Waals surface area contributed by atoms with Gasteiger partial charge in [0.25, 0.3) is 0 Å². The summed E-state index contributed by atoms with van der Waals surface area (Å²) in [6.07, 6.45) is 1.50. The summed E-state index contributed by atoms with van der Waals surface area (Å²) < 4.78 is 11.4. The van der Waals surface area contributed by atoms with Crippen molar-refractivity contribution in [1.29, 1.82) is 0 Å². The van der Waals surface area contributed by atoms with Crippen molar-refractivity contribution in [2.75, 3.05) is 19.8 Å². The van der Waals surface area contributed by atoms with Crippen molar-refractivity contribution in [3.8, 4) is 0 Å². The number of nitrogens with zero attached hydrogens (tertiary/aromatic N) is 1. The van der Waals surface area contributed by atoms with Crippen LogP contribution in [0.25, 0.3) is 0 Å². The van der Waals surface area contributed by atoms with Crippen LogP contribution in [0.15, 0.2) is 0 Å². The van der Waals surface area contributed by atoms with E-state index >= 15 is 0 Å². The topological polar surface area (TPSA) is 50.8 Å². The largest absolute Gasteiger partial charge is 0.444 e. The summed E-state index contributed by atoms with van der Waals surface area (Å²) in [6.45, 7) is 16.6. The maximum atomic E-state index is 12.8. The van der Waals surface area contributed by atoms with E-state index in [0.29, 0.717) is 6.61 Å². The van der Waals surface area contributed by atoms with Gasteiger partial charge in [-0.05, 0) is 61.3 Å². The lowest BCUT2D eigenvalue weighted by molar-refractivity contribution is -0.103. The zero-order chi connectivity index (χ0) is 16.8. The van der Waals surface area contributed by atoms with Gasteiger partial charge in [-0.15, -0.1) is 0 Å². The first-order valence-corrected chi connectivity index (χ1v) is 8.23. The summed E-state index contributed by atoms with van der Waals surface area (Å²) in [6, 6.07) is 0. The summed E-state index contributed by atoms with van der Waals surface area (Å²) in [7, 11) is 0. The number of hydrogen-bond donors (Lipinski definition) is 1. The lowest BCUT2D eigenvalue weighted by atomic mass is 9.69. The van der Waals surface area contributed by atoms with Gasteiger partial charge in [-0.2, -0.15) is 0 Å². The molecule has 0 aromatic carbocycles. The molecule has 2 saturated heterocycles. The molecule has 2 aliphatic heterocycles. The molecule has 22 heavy (non-hydrogen) atoms. The van der Waals surface area contributed by atoms with Crippen LogP contribution in [0, 0.1) is 0 Å². The molecule has 0 saturated carbocycles. The lowest BCUT2D eigenvalue weighted by Gasteiger charge is -2.59. The van der Waals surface area contributed by atoms with Gasteiger partial charge in [0.05, 0.1) is 13.2 Å². The fourth-order valence-electron chi connectivity index (χ4n) is 4.43. The highest BCUT2D eigenvalue weighted by Crippen LogP contribution is 2.44. The molecule has 0 radical (unpaired) electrons. The van der Waals surface area contributed by atoms with E-state index in [-0.39, 0.29) is 22.7 Å². The van der Waals surface area contributed by atoms with Crippen molar-refractivity contribution in [2.45, 2.75) is 83.5 Å². The number of amides is 1. The van der Waals surface area contributed by atoms with Crippen LogP contribution in [-0.4, -0.2) is 53.0 Å². The Balaban J connectivity index is 2.27. The number of piperidine rings is 1. The molecule has 0 bridgehead atoms. The van der Waals surface area contributed by atoms with Crippen LogP contribution in [0.3, 0.4) is 0 Å². The zero-order valence-electron chi connectivity index (χ0n) is 15.2. The van der Waals surface area contributed by atoms with Gasteiger partial charge >= 0.3 is 6.09 Å². The van der Waals surface area contributed by atoms with Gasteiger partial charge < -0.3 is 14.8 Å². The van der Waals surface area contributed by atoms with Crippen molar-refractivity contribution in [3.63, 3.8) is 0 Å². The molecule has 1 spiro atoms. The molecule has 2 aliphatic rings. The van der Waals surface area contributed by atoms with Gasteiger partial charge in [0.15, 0.2) is 0 Å². The Morgan fingerprint density at radius 2 is 1.68 bits per heavy atom. The van der Waals surface area contributed by atoms with Crippen molar-refractivity contribution >= 4 is 6.09 Å². The number of likely N-dealkylation sites (tertiary alicyclic amines) is 1. The van der Waals surface area contributed by atoms with Crippen molar-refractivity contribution in [1.82, 2.24) is 10.2 Å². The Labute approximate surface area is 134 Å². The summed E-state index contributed by atoms with van der Waals surface area (Å²) >= 11 is 0. The predicted octanol–water partition coefficient (Wildman–Crippen LogP) is 2.93. The Bertz CT molecular complexity index is 412. The second-order valence-corrected chi connectivity index (χ2v) is 9.05. The predicted molar refractivity (Wildman–Crippen MR) is 87.0 cm³/mol. The molecule has 0 aliphatic carbocycles. The first-order valence-electron chi connectivity index (χ1n) is 8.23. The minimum atomic E-state index is -0.482. The maximum Gasteiger partial charge on any atom is 0.411 e. The van der Waals surface area contributed by atoms with Crippen LogP contribution in [0.4, 0.5) is 4.79 Å². The molecular formula is C17H32N2O3. The third kappa shape index (κ3) is 3.57. The first-order chi connectivity index (χ1) is 9.87. The molecule has 0 aromatic rings. The fourth-order valence-corrected chi connectivity index (χ4v) is 4.43. The molecule has 2 fully saturated rings. The number of hydrogen-bond acceptors (Lipinski definition) is 4. The second-order valence-electron chi connectivity index (χ2n) is 9.05. The minimum absolute atomic E-state index is 0.0518. The van der Waals surface area contributed by atoms with Gasteiger partial charge in [0, 0.05) is 23.2 Å². The van der Waals surface area contributed by atoms with E-state index in [4.69, 9.17) is 9.47 Å². The normalized spacial score (nSPS) is 26.8. The Hall–Kier alpha value is -0.810. The Kier molecular flexibility index (Phi) is 4.29. The summed E-state index contributed by atoms with van der Waals surface area (Å²) in [5.41, 5.74) is -1.12. The van der Waals surface area contributed by atoms with Crippen molar-refractivity contribution < 1.29 is 14.3 Å². The number of carbonyl (C=O) groups is 1. The van der Waals surface area contributed by atoms with Gasteiger partial charge in [-0.3, -0.25) is 4.90 Å². The van der Waals surface area contributed by atoms with Crippen LogP contribution < -0.4 is 5.32 Å². The van der Waals surface area contributed by atoms with Crippen molar-refractivity contribution in [2.24, 2.45) is 0 Å². The molecule has 1 amide bonds. The molecule has 5 heteroatoms. The van der Waals surface area contributed by atoms with E-state index in [1.54, 1.807) is 0 Å². The third-order valence-electron chi connectivity index (χ3n) is 4.45. The lowest BCUT2D eigenvalue weighted by Crippen LogP contribution is -2.72. The fraction of sp³-hybridized carbons (Fsp3) is 0.941. The number of ether oxygens (including phenoxy) is 2. The van der Waals surface area contributed by atoms with Gasteiger partial charge in [0.1, 0.15) is 5.60 Å². The van der Waals surface area contributed by atoms with E-state index in [1.165, 1.54) is 0 Å². The van der Waals surface area contributed by atoms with Crippen LogP contribution in [-0.2, 0) is 9.47 Å². The smallest absolute Gasteiger partial charge is 0.411 e. The van der Waals surface area contributed by atoms with Crippen LogP contribution in [0.1, 0.15) is 61.3 Å². The van der Waals surface area contributed by atoms with E-state index in [1.807, 2.05) is 25.7 Å². The Morgan fingerprint density at radius 1 is 1.14 bits per heavy atom. The van der Waals surface area contributed by atoms with Gasteiger partial charge in [-0.25, -0.2) is 4.79 Å². The molecular weight excluding hydrogens is 280 g/mol. The molecule has 0 aromatic heterocycles. The monoisotopic (exact) mass is 312 g/mol. The molecule has 1 N–H and O–H groups in total. The minimum Gasteiger partial charge on any atom is -0.444 e. The van der Waals surface area contributed by atoms with E-state index in [0.717, 1.165) is 26.0 Å². The number of morpholine rings is 1. The first kappa shape index (κ1) is 17.5. The molecule has 2 rings (SSSR count). The highest BCUT2D eigenvalue weighted by atomic mass is 16.6. The summed E-state index contributed by atoms with van der Waals surface area (Å²) in [5, 5.41) is 3.65. The second kappa shape index (κ2) is 5.38. The number of rotatable bonds is 0. The van der Waals surface area contributed by atoms with E-state index in [2.05, 4.69) is 33.0 Å². The van der Waals surface area contributed by atoms with E-state index in [9.17, 15) is 4.79 Å². The summed E-state index contributed by atoms with van der Waals surface area (Å²) in [4.78, 5) is 14.7. The standard InChI is InChI=1S/C17H32N2O3/c1-14(2,3)22-13(20)19-15(4,5)10-17(11-16(19,6)7)12-21-9-8-18-17/h18H,8-12H2,1-7H3. The third-order valence-corrected chi connectivity index (χ3v) is 4.45. The van der Waals surface area contributed by atoms with Gasteiger partial charge in [0.2, 0.25) is 0 Å².